The Morgan fingerprint density at radius 1 is 0.963 bits per heavy atom. The first-order valence-corrected chi connectivity index (χ1v) is 8.98. The van der Waals surface area contributed by atoms with Crippen LogP contribution in [0.15, 0.2) is 59.0 Å². The topological polar surface area (TPSA) is 65.8 Å². The van der Waals surface area contributed by atoms with E-state index in [1.165, 1.54) is 0 Å². The van der Waals surface area contributed by atoms with Crippen molar-refractivity contribution in [2.75, 3.05) is 38.5 Å². The van der Waals surface area contributed by atoms with E-state index in [-0.39, 0.29) is 17.6 Å². The molecule has 0 unspecified atom stereocenters. The van der Waals surface area contributed by atoms with Crippen molar-refractivity contribution in [3.8, 4) is 0 Å². The van der Waals surface area contributed by atoms with Gasteiger partial charge in [0.1, 0.15) is 5.58 Å². The van der Waals surface area contributed by atoms with Gasteiger partial charge >= 0.3 is 0 Å². The summed E-state index contributed by atoms with van der Waals surface area (Å²) in [5.41, 5.74) is 1.64. The highest BCUT2D eigenvalue weighted by atomic mass is 16.3. The van der Waals surface area contributed by atoms with Crippen LogP contribution in [0.1, 0.15) is 20.9 Å². The average Bonchev–Trinajstić information content (AvgIpc) is 3.13. The van der Waals surface area contributed by atoms with Gasteiger partial charge < -0.3 is 19.5 Å². The molecule has 1 fully saturated rings. The SMILES string of the molecule is CN1CCN(C(=O)c2ccccc2NC(=O)c2cc3ccccc3o2)CC1. The van der Waals surface area contributed by atoms with Gasteiger partial charge in [0, 0.05) is 31.6 Å². The van der Waals surface area contributed by atoms with Gasteiger partial charge in [0.25, 0.3) is 11.8 Å². The molecule has 1 aliphatic heterocycles. The maximum absolute atomic E-state index is 12.9. The first-order chi connectivity index (χ1) is 13.1. The summed E-state index contributed by atoms with van der Waals surface area (Å²) < 4.78 is 5.62. The van der Waals surface area contributed by atoms with Gasteiger partial charge in [-0.2, -0.15) is 0 Å². The number of amides is 2. The largest absolute Gasteiger partial charge is 0.451 e. The molecule has 2 aromatic carbocycles. The minimum Gasteiger partial charge on any atom is -0.451 e. The summed E-state index contributed by atoms with van der Waals surface area (Å²) >= 11 is 0. The molecule has 1 N–H and O–H groups in total. The molecule has 0 radical (unpaired) electrons. The van der Waals surface area contributed by atoms with Crippen LogP contribution < -0.4 is 5.32 Å². The standard InChI is InChI=1S/C21H21N3O3/c1-23-10-12-24(13-11-23)21(26)16-7-3-4-8-17(16)22-20(25)19-14-15-6-2-5-9-18(15)27-19/h2-9,14H,10-13H2,1H3,(H,22,25). The maximum atomic E-state index is 12.9. The molecule has 6 nitrogen and oxygen atoms in total. The number of likely N-dealkylation sites (N-methyl/N-ethyl adjacent to an activating group) is 1. The number of furan rings is 1. The van der Waals surface area contributed by atoms with Crippen LogP contribution in [0.3, 0.4) is 0 Å². The lowest BCUT2D eigenvalue weighted by Crippen LogP contribution is -2.47. The van der Waals surface area contributed by atoms with E-state index in [1.807, 2.05) is 36.2 Å². The molecule has 0 aliphatic carbocycles. The van der Waals surface area contributed by atoms with E-state index < -0.39 is 0 Å². The molecule has 1 aliphatic rings. The van der Waals surface area contributed by atoms with Crippen molar-refractivity contribution in [1.29, 1.82) is 0 Å². The Kier molecular flexibility index (Phi) is 4.64. The van der Waals surface area contributed by atoms with Gasteiger partial charge in [-0.25, -0.2) is 0 Å². The minimum atomic E-state index is -0.371. The lowest BCUT2D eigenvalue weighted by Gasteiger charge is -2.32. The van der Waals surface area contributed by atoms with E-state index in [9.17, 15) is 9.59 Å². The first-order valence-electron chi connectivity index (χ1n) is 8.98. The molecule has 0 spiro atoms. The molecule has 1 saturated heterocycles. The van der Waals surface area contributed by atoms with E-state index in [0.717, 1.165) is 18.5 Å². The lowest BCUT2D eigenvalue weighted by molar-refractivity contribution is 0.0665. The first kappa shape index (κ1) is 17.3. The van der Waals surface area contributed by atoms with Crippen LogP contribution in [-0.2, 0) is 0 Å². The molecule has 0 saturated carbocycles. The van der Waals surface area contributed by atoms with Crippen LogP contribution in [0.4, 0.5) is 5.69 Å². The van der Waals surface area contributed by atoms with Crippen LogP contribution in [0.2, 0.25) is 0 Å². The van der Waals surface area contributed by atoms with Gasteiger partial charge in [-0.05, 0) is 31.3 Å². The van der Waals surface area contributed by atoms with Crippen molar-refractivity contribution in [3.05, 3.63) is 65.9 Å². The molecule has 1 aromatic heterocycles. The smallest absolute Gasteiger partial charge is 0.291 e. The van der Waals surface area contributed by atoms with E-state index >= 15 is 0 Å². The van der Waals surface area contributed by atoms with Gasteiger partial charge in [0.05, 0.1) is 11.3 Å². The fraction of sp³-hybridized carbons (Fsp3) is 0.238. The Balaban J connectivity index is 1.55. The number of anilines is 1. The Morgan fingerprint density at radius 3 is 2.44 bits per heavy atom. The summed E-state index contributed by atoms with van der Waals surface area (Å²) in [5.74, 6) is -0.216. The Hall–Kier alpha value is -3.12. The summed E-state index contributed by atoms with van der Waals surface area (Å²) in [6, 6.07) is 16.3. The predicted octanol–water partition coefficient (Wildman–Crippen LogP) is 3.07. The van der Waals surface area contributed by atoms with Crippen molar-refractivity contribution in [3.63, 3.8) is 0 Å². The minimum absolute atomic E-state index is 0.0661. The molecule has 27 heavy (non-hydrogen) atoms. The van der Waals surface area contributed by atoms with Crippen molar-refractivity contribution in [1.82, 2.24) is 9.80 Å². The second-order valence-electron chi connectivity index (χ2n) is 6.74. The number of carbonyl (C=O) groups excluding carboxylic acids is 2. The fourth-order valence-electron chi connectivity index (χ4n) is 3.24. The van der Waals surface area contributed by atoms with Gasteiger partial charge in [-0.3, -0.25) is 9.59 Å². The summed E-state index contributed by atoms with van der Waals surface area (Å²) in [5, 5.41) is 3.69. The predicted molar refractivity (Wildman–Crippen MR) is 104 cm³/mol. The van der Waals surface area contributed by atoms with Gasteiger partial charge in [0.2, 0.25) is 0 Å². The number of nitrogens with zero attached hydrogens (tertiary/aromatic N) is 2. The number of benzene rings is 2. The lowest BCUT2D eigenvalue weighted by atomic mass is 10.1. The fourth-order valence-corrected chi connectivity index (χ4v) is 3.24. The number of nitrogens with one attached hydrogen (secondary N) is 1. The second-order valence-corrected chi connectivity index (χ2v) is 6.74. The summed E-state index contributed by atoms with van der Waals surface area (Å²) in [7, 11) is 2.04. The molecule has 6 heteroatoms. The highest BCUT2D eigenvalue weighted by molar-refractivity contribution is 6.09. The Bertz CT molecular complexity index is 954. The molecule has 138 valence electrons. The van der Waals surface area contributed by atoms with E-state index in [4.69, 9.17) is 4.42 Å². The Labute approximate surface area is 157 Å². The number of rotatable bonds is 3. The monoisotopic (exact) mass is 363 g/mol. The van der Waals surface area contributed by atoms with Crippen LogP contribution >= 0.6 is 0 Å². The second kappa shape index (κ2) is 7.25. The Morgan fingerprint density at radius 2 is 1.67 bits per heavy atom. The van der Waals surface area contributed by atoms with Crippen molar-refractivity contribution < 1.29 is 14.0 Å². The molecule has 0 atom stereocenters. The number of hydrogen-bond donors (Lipinski definition) is 1. The summed E-state index contributed by atoms with van der Waals surface area (Å²) in [6.45, 7) is 3.06. The highest BCUT2D eigenvalue weighted by Crippen LogP contribution is 2.22. The molecule has 4 rings (SSSR count). The summed E-state index contributed by atoms with van der Waals surface area (Å²) in [6.07, 6.45) is 0. The van der Waals surface area contributed by atoms with Gasteiger partial charge in [-0.1, -0.05) is 30.3 Å². The third-order valence-electron chi connectivity index (χ3n) is 4.85. The number of hydrogen-bond acceptors (Lipinski definition) is 4. The van der Waals surface area contributed by atoms with Crippen LogP contribution in [0.25, 0.3) is 11.0 Å². The van der Waals surface area contributed by atoms with E-state index in [1.54, 1.807) is 30.3 Å². The third kappa shape index (κ3) is 3.57. The molecular formula is C21H21N3O3. The third-order valence-corrected chi connectivity index (χ3v) is 4.85. The van der Waals surface area contributed by atoms with Crippen molar-refractivity contribution in [2.45, 2.75) is 0 Å². The molecular weight excluding hydrogens is 342 g/mol. The van der Waals surface area contributed by atoms with E-state index in [0.29, 0.717) is 29.9 Å². The zero-order valence-corrected chi connectivity index (χ0v) is 15.1. The summed E-state index contributed by atoms with van der Waals surface area (Å²) in [4.78, 5) is 29.6. The van der Waals surface area contributed by atoms with Crippen LogP contribution in [-0.4, -0.2) is 54.8 Å². The number of piperazine rings is 1. The average molecular weight is 363 g/mol. The van der Waals surface area contributed by atoms with Gasteiger partial charge in [0.15, 0.2) is 5.76 Å². The maximum Gasteiger partial charge on any atom is 0.291 e. The normalized spacial score (nSPS) is 15.1. The number of para-hydroxylation sites is 2. The molecule has 2 amide bonds. The zero-order chi connectivity index (χ0) is 18.8. The molecule has 2 heterocycles. The number of carbonyl (C=O) groups is 2. The van der Waals surface area contributed by atoms with Crippen LogP contribution in [0, 0.1) is 0 Å². The molecule has 3 aromatic rings. The van der Waals surface area contributed by atoms with Crippen LogP contribution in [0.5, 0.6) is 0 Å². The number of fused-ring (bicyclic) bond motifs is 1. The quantitative estimate of drug-likeness (QED) is 0.777. The van der Waals surface area contributed by atoms with Crippen molar-refractivity contribution in [2.24, 2.45) is 0 Å². The van der Waals surface area contributed by atoms with Crippen molar-refractivity contribution >= 4 is 28.5 Å². The zero-order valence-electron chi connectivity index (χ0n) is 15.1. The van der Waals surface area contributed by atoms with Gasteiger partial charge in [-0.15, -0.1) is 0 Å². The highest BCUT2D eigenvalue weighted by Gasteiger charge is 2.23. The van der Waals surface area contributed by atoms with E-state index in [2.05, 4.69) is 10.2 Å². The molecule has 0 bridgehead atoms.